The molecule has 7 heteroatoms. The first kappa shape index (κ1) is 14.8. The number of rotatable bonds is 3. The Kier molecular flexibility index (Phi) is 3.92. The number of hydrogen-bond donors (Lipinski definition) is 1. The third-order valence-electron chi connectivity index (χ3n) is 4.06. The van der Waals surface area contributed by atoms with Crippen LogP contribution in [0.1, 0.15) is 12.8 Å². The van der Waals surface area contributed by atoms with Gasteiger partial charge in [0.15, 0.2) is 0 Å². The van der Waals surface area contributed by atoms with Gasteiger partial charge in [0, 0.05) is 37.2 Å². The molecule has 1 saturated heterocycles. The van der Waals surface area contributed by atoms with E-state index < -0.39 is 0 Å². The molecule has 122 valence electrons. The van der Waals surface area contributed by atoms with Crippen LogP contribution in [0.4, 0.5) is 5.82 Å². The zero-order chi connectivity index (χ0) is 16.4. The summed E-state index contributed by atoms with van der Waals surface area (Å²) in [6.45, 7) is 1.41. The van der Waals surface area contributed by atoms with Crippen molar-refractivity contribution in [2.45, 2.75) is 18.9 Å². The first-order valence-corrected chi connectivity index (χ1v) is 7.94. The maximum atomic E-state index is 9.93. The number of anilines is 1. The van der Waals surface area contributed by atoms with E-state index in [0.29, 0.717) is 18.3 Å². The highest BCUT2D eigenvalue weighted by Gasteiger charge is 2.23. The van der Waals surface area contributed by atoms with Gasteiger partial charge in [-0.3, -0.25) is 4.98 Å². The highest BCUT2D eigenvalue weighted by Crippen LogP contribution is 2.30. The molecule has 0 spiro atoms. The summed E-state index contributed by atoms with van der Waals surface area (Å²) >= 11 is 0. The van der Waals surface area contributed by atoms with Crippen molar-refractivity contribution in [3.05, 3.63) is 42.9 Å². The summed E-state index contributed by atoms with van der Waals surface area (Å²) in [5.41, 5.74) is 1.57. The van der Waals surface area contributed by atoms with E-state index in [1.54, 1.807) is 18.6 Å². The Bertz CT molecular complexity index is 821. The molecule has 1 aliphatic rings. The van der Waals surface area contributed by atoms with Crippen LogP contribution in [0.2, 0.25) is 0 Å². The predicted molar refractivity (Wildman–Crippen MR) is 88.2 cm³/mol. The molecule has 0 amide bonds. The zero-order valence-electron chi connectivity index (χ0n) is 13.0. The Morgan fingerprint density at radius 2 is 2.12 bits per heavy atom. The van der Waals surface area contributed by atoms with Crippen molar-refractivity contribution in [2.75, 3.05) is 18.0 Å². The lowest BCUT2D eigenvalue weighted by molar-refractivity contribution is 0.154. The van der Waals surface area contributed by atoms with Gasteiger partial charge >= 0.3 is 0 Å². The molecule has 0 radical (unpaired) electrons. The fraction of sp³-hybridized carbons (Fsp3) is 0.294. The predicted octanol–water partition coefficient (Wildman–Crippen LogP) is 2.15. The van der Waals surface area contributed by atoms with Gasteiger partial charge in [0.2, 0.25) is 5.82 Å². The Morgan fingerprint density at radius 3 is 2.96 bits per heavy atom. The number of aromatic nitrogens is 4. The van der Waals surface area contributed by atoms with Crippen molar-refractivity contribution in [3.63, 3.8) is 0 Å². The summed E-state index contributed by atoms with van der Waals surface area (Å²) in [6, 6.07) is 7.46. The van der Waals surface area contributed by atoms with Crippen LogP contribution in [0.15, 0.2) is 47.4 Å². The van der Waals surface area contributed by atoms with Crippen molar-refractivity contribution < 1.29 is 9.63 Å². The van der Waals surface area contributed by atoms with E-state index in [0.717, 1.165) is 36.3 Å². The number of hydrogen-bond acceptors (Lipinski definition) is 7. The molecule has 3 aromatic heterocycles. The number of nitrogens with zero attached hydrogens (tertiary/aromatic N) is 5. The van der Waals surface area contributed by atoms with E-state index in [9.17, 15) is 5.11 Å². The molecule has 0 saturated carbocycles. The number of aliphatic hydroxyl groups is 1. The van der Waals surface area contributed by atoms with Crippen LogP contribution < -0.4 is 4.90 Å². The van der Waals surface area contributed by atoms with Gasteiger partial charge in [0.25, 0.3) is 5.89 Å². The summed E-state index contributed by atoms with van der Waals surface area (Å²) in [4.78, 5) is 15.1. The normalized spacial score (nSPS) is 17.9. The molecule has 0 aliphatic carbocycles. The Balaban J connectivity index is 1.69. The monoisotopic (exact) mass is 323 g/mol. The van der Waals surface area contributed by atoms with E-state index >= 15 is 0 Å². The average molecular weight is 323 g/mol. The van der Waals surface area contributed by atoms with Crippen LogP contribution in [0.25, 0.3) is 22.8 Å². The molecule has 1 atom stereocenters. The van der Waals surface area contributed by atoms with Crippen molar-refractivity contribution in [3.8, 4) is 22.8 Å². The first-order valence-electron chi connectivity index (χ1n) is 7.94. The fourth-order valence-electron chi connectivity index (χ4n) is 2.91. The van der Waals surface area contributed by atoms with E-state index in [2.05, 4.69) is 25.0 Å². The van der Waals surface area contributed by atoms with Crippen LogP contribution in [-0.2, 0) is 0 Å². The SMILES string of the molecule is OC1CCCN(c2ncccc2-c2nc(-c3cccnc3)no2)C1. The third kappa shape index (κ3) is 2.85. The molecule has 0 bridgehead atoms. The van der Waals surface area contributed by atoms with Gasteiger partial charge in [-0.25, -0.2) is 4.98 Å². The number of β-amino-alcohol motifs (C(OH)–C–C–N with tert-alkyl or cyclic N) is 1. The third-order valence-corrected chi connectivity index (χ3v) is 4.06. The largest absolute Gasteiger partial charge is 0.391 e. The summed E-state index contributed by atoms with van der Waals surface area (Å²) in [7, 11) is 0. The van der Waals surface area contributed by atoms with Crippen LogP contribution in [0.5, 0.6) is 0 Å². The molecule has 1 fully saturated rings. The lowest BCUT2D eigenvalue weighted by Crippen LogP contribution is -2.39. The number of pyridine rings is 2. The molecule has 0 aromatic carbocycles. The molecule has 4 heterocycles. The van der Waals surface area contributed by atoms with Gasteiger partial charge in [-0.15, -0.1) is 0 Å². The van der Waals surface area contributed by atoms with Crippen LogP contribution in [-0.4, -0.2) is 44.4 Å². The smallest absolute Gasteiger partial charge is 0.262 e. The topological polar surface area (TPSA) is 88.2 Å². The Labute approximate surface area is 139 Å². The minimum atomic E-state index is -0.331. The van der Waals surface area contributed by atoms with Gasteiger partial charge in [-0.05, 0) is 37.1 Å². The molecule has 4 rings (SSSR count). The number of piperidine rings is 1. The second-order valence-electron chi connectivity index (χ2n) is 5.78. The molecule has 1 unspecified atom stereocenters. The lowest BCUT2D eigenvalue weighted by atomic mass is 10.1. The van der Waals surface area contributed by atoms with Crippen molar-refractivity contribution in [1.82, 2.24) is 20.1 Å². The highest BCUT2D eigenvalue weighted by atomic mass is 16.5. The summed E-state index contributed by atoms with van der Waals surface area (Å²) in [6.07, 6.45) is 6.55. The molecular weight excluding hydrogens is 306 g/mol. The summed E-state index contributed by atoms with van der Waals surface area (Å²) in [5, 5.41) is 14.0. The Morgan fingerprint density at radius 1 is 1.21 bits per heavy atom. The van der Waals surface area contributed by atoms with Crippen LogP contribution in [0.3, 0.4) is 0 Å². The van der Waals surface area contributed by atoms with Gasteiger partial charge in [0.1, 0.15) is 5.82 Å². The van der Waals surface area contributed by atoms with E-state index in [1.807, 2.05) is 24.3 Å². The second kappa shape index (κ2) is 6.37. The summed E-state index contributed by atoms with van der Waals surface area (Å²) in [5.74, 6) is 1.67. The molecule has 1 aliphatic heterocycles. The minimum Gasteiger partial charge on any atom is -0.391 e. The van der Waals surface area contributed by atoms with Gasteiger partial charge in [-0.1, -0.05) is 5.16 Å². The van der Waals surface area contributed by atoms with Gasteiger partial charge < -0.3 is 14.5 Å². The quantitative estimate of drug-likeness (QED) is 0.790. The highest BCUT2D eigenvalue weighted by molar-refractivity contribution is 5.71. The standard InChI is InChI=1S/C17H17N5O2/c23-13-5-3-9-22(11-13)16-14(6-2-8-19-16)17-20-15(21-24-17)12-4-1-7-18-10-12/h1-2,4,6-8,10,13,23H,3,5,9,11H2. The molecule has 24 heavy (non-hydrogen) atoms. The molecule has 3 aromatic rings. The molecule has 1 N–H and O–H groups in total. The van der Waals surface area contributed by atoms with E-state index in [-0.39, 0.29) is 6.10 Å². The summed E-state index contributed by atoms with van der Waals surface area (Å²) < 4.78 is 5.45. The first-order chi connectivity index (χ1) is 11.8. The maximum absolute atomic E-state index is 9.93. The Hall–Kier alpha value is -2.80. The van der Waals surface area contributed by atoms with Crippen molar-refractivity contribution in [1.29, 1.82) is 0 Å². The lowest BCUT2D eigenvalue weighted by Gasteiger charge is -2.31. The number of aliphatic hydroxyl groups excluding tert-OH is 1. The average Bonchev–Trinajstić information content (AvgIpc) is 3.12. The van der Waals surface area contributed by atoms with Crippen molar-refractivity contribution in [2.24, 2.45) is 0 Å². The molecule has 7 nitrogen and oxygen atoms in total. The van der Waals surface area contributed by atoms with Gasteiger partial charge in [0.05, 0.1) is 11.7 Å². The van der Waals surface area contributed by atoms with Crippen molar-refractivity contribution >= 4 is 5.82 Å². The van der Waals surface area contributed by atoms with E-state index in [4.69, 9.17) is 4.52 Å². The molecular formula is C17H17N5O2. The zero-order valence-corrected chi connectivity index (χ0v) is 13.0. The second-order valence-corrected chi connectivity index (χ2v) is 5.78. The van der Waals surface area contributed by atoms with Crippen LogP contribution >= 0.6 is 0 Å². The maximum Gasteiger partial charge on any atom is 0.262 e. The van der Waals surface area contributed by atoms with Gasteiger partial charge in [-0.2, -0.15) is 4.98 Å². The fourth-order valence-corrected chi connectivity index (χ4v) is 2.91. The van der Waals surface area contributed by atoms with E-state index in [1.165, 1.54) is 0 Å². The minimum absolute atomic E-state index is 0.331. The van der Waals surface area contributed by atoms with Crippen LogP contribution in [0, 0.1) is 0 Å².